The van der Waals surface area contributed by atoms with Crippen LogP contribution in [0.3, 0.4) is 0 Å². The SMILES string of the molecule is Cc1cc(C)c(C)c(C(=O)N[C@H](C)Cc2ccncc2)c1C. The highest BCUT2D eigenvalue weighted by molar-refractivity contribution is 5.97. The zero-order valence-electron chi connectivity index (χ0n) is 14.0. The minimum atomic E-state index is 0.0170. The molecule has 0 fully saturated rings. The lowest BCUT2D eigenvalue weighted by Gasteiger charge is -2.18. The van der Waals surface area contributed by atoms with Crippen molar-refractivity contribution in [2.45, 2.75) is 47.1 Å². The van der Waals surface area contributed by atoms with Gasteiger partial charge in [0.2, 0.25) is 0 Å². The van der Waals surface area contributed by atoms with Crippen LogP contribution in [-0.2, 0) is 6.42 Å². The third-order valence-electron chi connectivity index (χ3n) is 4.26. The van der Waals surface area contributed by atoms with Gasteiger partial charge in [-0.2, -0.15) is 0 Å². The lowest BCUT2D eigenvalue weighted by Crippen LogP contribution is -2.35. The normalized spacial score (nSPS) is 12.0. The molecule has 1 atom stereocenters. The van der Waals surface area contributed by atoms with Crippen LogP contribution in [0.4, 0.5) is 0 Å². The molecule has 22 heavy (non-hydrogen) atoms. The van der Waals surface area contributed by atoms with E-state index in [1.54, 1.807) is 12.4 Å². The Hall–Kier alpha value is -2.16. The van der Waals surface area contributed by atoms with Crippen LogP contribution in [-0.4, -0.2) is 16.9 Å². The second-order valence-corrected chi connectivity index (χ2v) is 6.07. The molecule has 0 bridgehead atoms. The summed E-state index contributed by atoms with van der Waals surface area (Å²) in [7, 11) is 0. The molecule has 0 aliphatic carbocycles. The van der Waals surface area contributed by atoms with Crippen molar-refractivity contribution in [3.05, 3.63) is 64.0 Å². The predicted octanol–water partition coefficient (Wildman–Crippen LogP) is 3.68. The quantitative estimate of drug-likeness (QED) is 0.935. The fraction of sp³-hybridized carbons (Fsp3) is 0.368. The number of carbonyl (C=O) groups excluding carboxylic acids is 1. The van der Waals surface area contributed by atoms with E-state index in [4.69, 9.17) is 0 Å². The number of benzene rings is 1. The zero-order chi connectivity index (χ0) is 16.3. The largest absolute Gasteiger partial charge is 0.349 e. The Labute approximate surface area is 132 Å². The molecule has 0 aliphatic rings. The topological polar surface area (TPSA) is 42.0 Å². The van der Waals surface area contributed by atoms with Crippen LogP contribution >= 0.6 is 0 Å². The fourth-order valence-electron chi connectivity index (χ4n) is 2.78. The summed E-state index contributed by atoms with van der Waals surface area (Å²) >= 11 is 0. The minimum Gasteiger partial charge on any atom is -0.349 e. The molecule has 0 aliphatic heterocycles. The molecule has 1 heterocycles. The van der Waals surface area contributed by atoms with E-state index in [-0.39, 0.29) is 11.9 Å². The molecule has 1 amide bonds. The fourth-order valence-corrected chi connectivity index (χ4v) is 2.78. The first-order chi connectivity index (χ1) is 10.4. The molecular weight excluding hydrogens is 272 g/mol. The molecule has 0 saturated carbocycles. The van der Waals surface area contributed by atoms with Gasteiger partial charge >= 0.3 is 0 Å². The number of nitrogens with one attached hydrogen (secondary N) is 1. The highest BCUT2D eigenvalue weighted by Gasteiger charge is 2.17. The van der Waals surface area contributed by atoms with E-state index in [1.165, 1.54) is 5.56 Å². The third-order valence-corrected chi connectivity index (χ3v) is 4.26. The van der Waals surface area contributed by atoms with Crippen molar-refractivity contribution in [3.8, 4) is 0 Å². The maximum Gasteiger partial charge on any atom is 0.252 e. The van der Waals surface area contributed by atoms with Crippen LogP contribution < -0.4 is 5.32 Å². The van der Waals surface area contributed by atoms with Gasteiger partial charge in [-0.1, -0.05) is 6.07 Å². The number of amides is 1. The Morgan fingerprint density at radius 1 is 1.09 bits per heavy atom. The van der Waals surface area contributed by atoms with Crippen molar-refractivity contribution in [3.63, 3.8) is 0 Å². The van der Waals surface area contributed by atoms with Gasteiger partial charge in [-0.05, 0) is 81.0 Å². The summed E-state index contributed by atoms with van der Waals surface area (Å²) in [5.41, 5.74) is 6.45. The van der Waals surface area contributed by atoms with Crippen LogP contribution in [0.5, 0.6) is 0 Å². The van der Waals surface area contributed by atoms with Gasteiger partial charge in [0.05, 0.1) is 0 Å². The Morgan fingerprint density at radius 3 is 2.18 bits per heavy atom. The zero-order valence-corrected chi connectivity index (χ0v) is 14.0. The first-order valence-corrected chi connectivity index (χ1v) is 7.67. The van der Waals surface area contributed by atoms with Crippen molar-refractivity contribution >= 4 is 5.91 Å². The van der Waals surface area contributed by atoms with Gasteiger partial charge in [0.1, 0.15) is 0 Å². The smallest absolute Gasteiger partial charge is 0.252 e. The van der Waals surface area contributed by atoms with Gasteiger partial charge in [0.25, 0.3) is 5.91 Å². The number of hydrogen-bond acceptors (Lipinski definition) is 2. The van der Waals surface area contributed by atoms with Crippen LogP contribution in [0, 0.1) is 27.7 Å². The number of pyridine rings is 1. The standard InChI is InChI=1S/C19H24N2O/c1-12-10-13(2)16(5)18(15(12)4)19(22)21-14(3)11-17-6-8-20-9-7-17/h6-10,14H,11H2,1-5H3,(H,21,22)/t14-/m1/s1. The molecule has 0 saturated heterocycles. The molecule has 0 spiro atoms. The maximum absolute atomic E-state index is 12.7. The van der Waals surface area contributed by atoms with Crippen LogP contribution in [0.1, 0.15) is 45.1 Å². The van der Waals surface area contributed by atoms with Crippen molar-refractivity contribution in [1.82, 2.24) is 10.3 Å². The van der Waals surface area contributed by atoms with Crippen LogP contribution in [0.25, 0.3) is 0 Å². The molecule has 2 rings (SSSR count). The molecule has 1 aromatic heterocycles. The van der Waals surface area contributed by atoms with Crippen molar-refractivity contribution in [2.24, 2.45) is 0 Å². The summed E-state index contributed by atoms with van der Waals surface area (Å²) in [6.07, 6.45) is 4.36. The summed E-state index contributed by atoms with van der Waals surface area (Å²) in [5, 5.41) is 3.12. The summed E-state index contributed by atoms with van der Waals surface area (Å²) in [6.45, 7) is 10.2. The summed E-state index contributed by atoms with van der Waals surface area (Å²) < 4.78 is 0. The average molecular weight is 296 g/mol. The Morgan fingerprint density at radius 2 is 1.64 bits per heavy atom. The van der Waals surface area contributed by atoms with Crippen molar-refractivity contribution in [1.29, 1.82) is 0 Å². The van der Waals surface area contributed by atoms with Gasteiger partial charge in [-0.15, -0.1) is 0 Å². The number of aromatic nitrogens is 1. The number of carbonyl (C=O) groups is 1. The van der Waals surface area contributed by atoms with Gasteiger partial charge in [-0.3, -0.25) is 9.78 Å². The second-order valence-electron chi connectivity index (χ2n) is 6.07. The van der Waals surface area contributed by atoms with Crippen LogP contribution in [0.15, 0.2) is 30.6 Å². The number of hydrogen-bond donors (Lipinski definition) is 1. The molecule has 3 nitrogen and oxygen atoms in total. The molecule has 3 heteroatoms. The Balaban J connectivity index is 2.16. The molecule has 116 valence electrons. The molecule has 0 unspecified atom stereocenters. The first-order valence-electron chi connectivity index (χ1n) is 7.67. The Bertz CT molecular complexity index is 651. The lowest BCUT2D eigenvalue weighted by atomic mass is 9.93. The summed E-state index contributed by atoms with van der Waals surface area (Å²) in [6, 6.07) is 6.18. The van der Waals surface area contributed by atoms with Crippen molar-refractivity contribution < 1.29 is 4.79 Å². The molecule has 1 aromatic carbocycles. The van der Waals surface area contributed by atoms with Gasteiger partial charge in [-0.25, -0.2) is 0 Å². The molecule has 0 radical (unpaired) electrons. The van der Waals surface area contributed by atoms with Crippen molar-refractivity contribution in [2.75, 3.05) is 0 Å². The number of aryl methyl sites for hydroxylation is 2. The Kier molecular flexibility index (Phi) is 4.96. The highest BCUT2D eigenvalue weighted by atomic mass is 16.1. The lowest BCUT2D eigenvalue weighted by molar-refractivity contribution is 0.0938. The van der Waals surface area contributed by atoms with Gasteiger partial charge < -0.3 is 5.32 Å². The van der Waals surface area contributed by atoms with E-state index in [2.05, 4.69) is 30.2 Å². The van der Waals surface area contributed by atoms with Crippen LogP contribution in [0.2, 0.25) is 0 Å². The predicted molar refractivity (Wildman–Crippen MR) is 90.3 cm³/mol. The molecule has 2 aromatic rings. The van der Waals surface area contributed by atoms with Gasteiger partial charge in [0, 0.05) is 24.0 Å². The first kappa shape index (κ1) is 16.2. The summed E-state index contributed by atoms with van der Waals surface area (Å²) in [5.74, 6) is 0.0170. The van der Waals surface area contributed by atoms with E-state index in [0.29, 0.717) is 0 Å². The summed E-state index contributed by atoms with van der Waals surface area (Å²) in [4.78, 5) is 16.7. The highest BCUT2D eigenvalue weighted by Crippen LogP contribution is 2.21. The van der Waals surface area contributed by atoms with Gasteiger partial charge in [0.15, 0.2) is 0 Å². The second kappa shape index (κ2) is 6.73. The van der Waals surface area contributed by atoms with E-state index < -0.39 is 0 Å². The van der Waals surface area contributed by atoms with E-state index in [9.17, 15) is 4.79 Å². The van der Waals surface area contributed by atoms with E-state index in [0.717, 1.165) is 34.2 Å². The molecule has 1 N–H and O–H groups in total. The maximum atomic E-state index is 12.7. The number of rotatable bonds is 4. The van der Waals surface area contributed by atoms with E-state index in [1.807, 2.05) is 32.9 Å². The van der Waals surface area contributed by atoms with E-state index >= 15 is 0 Å². The minimum absolute atomic E-state index is 0.0170. The third kappa shape index (κ3) is 3.53. The monoisotopic (exact) mass is 296 g/mol. The molecular formula is C19H24N2O. The number of nitrogens with zero attached hydrogens (tertiary/aromatic N) is 1. The average Bonchev–Trinajstić information content (AvgIpc) is 2.46.